The predicted octanol–water partition coefficient (Wildman–Crippen LogP) is 2.69. The Labute approximate surface area is 113 Å². The largest absolute Gasteiger partial charge is 0.480 e. The molecular weight excluding hydrogens is 246 g/mol. The molecule has 0 heterocycles. The third-order valence-corrected chi connectivity index (χ3v) is 4.24. The first-order chi connectivity index (χ1) is 9.16. The number of carboxylic acid groups (broad SMARTS) is 1. The fourth-order valence-electron chi connectivity index (χ4n) is 3.17. The minimum absolute atomic E-state index is 0.0270. The van der Waals surface area contributed by atoms with Crippen molar-refractivity contribution in [3.8, 4) is 0 Å². The second-order valence-electron chi connectivity index (χ2n) is 5.67. The van der Waals surface area contributed by atoms with E-state index in [4.69, 9.17) is 4.74 Å². The molecule has 0 aromatic carbocycles. The van der Waals surface area contributed by atoms with Crippen molar-refractivity contribution in [1.82, 2.24) is 5.32 Å². The van der Waals surface area contributed by atoms with Gasteiger partial charge in [-0.25, -0.2) is 9.59 Å². The summed E-state index contributed by atoms with van der Waals surface area (Å²) in [6.45, 7) is 0. The lowest BCUT2D eigenvalue weighted by Gasteiger charge is -2.28. The number of alkyl carbamates (subject to hydrolysis) is 1. The number of carbonyl (C=O) groups is 2. The van der Waals surface area contributed by atoms with Crippen LogP contribution in [-0.4, -0.2) is 29.3 Å². The van der Waals surface area contributed by atoms with Gasteiger partial charge in [0.1, 0.15) is 12.1 Å². The van der Waals surface area contributed by atoms with Crippen LogP contribution in [0.3, 0.4) is 0 Å². The number of ether oxygens (including phenoxy) is 1. The average molecular weight is 269 g/mol. The number of hydrogen-bond acceptors (Lipinski definition) is 3. The summed E-state index contributed by atoms with van der Waals surface area (Å²) < 4.78 is 5.27. The maximum absolute atomic E-state index is 11.8. The van der Waals surface area contributed by atoms with Crippen LogP contribution in [0.2, 0.25) is 0 Å². The van der Waals surface area contributed by atoms with Crippen LogP contribution < -0.4 is 5.32 Å². The molecule has 1 atom stereocenters. The van der Waals surface area contributed by atoms with Gasteiger partial charge in [-0.15, -0.1) is 0 Å². The molecule has 2 N–H and O–H groups in total. The summed E-state index contributed by atoms with van der Waals surface area (Å²) >= 11 is 0. The summed E-state index contributed by atoms with van der Waals surface area (Å²) in [6.07, 6.45) is 8.39. The molecule has 0 unspecified atom stereocenters. The molecule has 0 aliphatic heterocycles. The SMILES string of the molecule is O=C(N[C@H](C(=O)O)C1CCCCC1)OC1CCCC1. The summed E-state index contributed by atoms with van der Waals surface area (Å²) in [5.41, 5.74) is 0. The van der Waals surface area contributed by atoms with Crippen LogP contribution >= 0.6 is 0 Å². The van der Waals surface area contributed by atoms with E-state index in [9.17, 15) is 14.7 Å². The Morgan fingerprint density at radius 2 is 1.58 bits per heavy atom. The highest BCUT2D eigenvalue weighted by atomic mass is 16.6. The number of rotatable bonds is 4. The molecule has 19 heavy (non-hydrogen) atoms. The summed E-state index contributed by atoms with van der Waals surface area (Å²) in [4.78, 5) is 23.1. The Morgan fingerprint density at radius 3 is 2.16 bits per heavy atom. The fraction of sp³-hybridized carbons (Fsp3) is 0.857. The quantitative estimate of drug-likeness (QED) is 0.822. The Balaban J connectivity index is 1.84. The molecule has 0 aromatic heterocycles. The molecule has 5 nitrogen and oxygen atoms in total. The van der Waals surface area contributed by atoms with Crippen molar-refractivity contribution in [2.24, 2.45) is 5.92 Å². The number of nitrogens with one attached hydrogen (secondary N) is 1. The van der Waals surface area contributed by atoms with Gasteiger partial charge in [0, 0.05) is 0 Å². The predicted molar refractivity (Wildman–Crippen MR) is 69.9 cm³/mol. The number of carboxylic acids is 1. The first-order valence-electron chi connectivity index (χ1n) is 7.37. The highest BCUT2D eigenvalue weighted by molar-refractivity contribution is 5.80. The fourth-order valence-corrected chi connectivity index (χ4v) is 3.17. The lowest BCUT2D eigenvalue weighted by Crippen LogP contribution is -2.47. The summed E-state index contributed by atoms with van der Waals surface area (Å²) in [5, 5.41) is 11.8. The van der Waals surface area contributed by atoms with E-state index < -0.39 is 18.1 Å². The van der Waals surface area contributed by atoms with Crippen LogP contribution in [0.4, 0.5) is 4.79 Å². The highest BCUT2D eigenvalue weighted by Crippen LogP contribution is 2.27. The van der Waals surface area contributed by atoms with Crippen molar-refractivity contribution in [3.63, 3.8) is 0 Å². The van der Waals surface area contributed by atoms with E-state index in [0.29, 0.717) is 0 Å². The van der Waals surface area contributed by atoms with Gasteiger partial charge in [0.05, 0.1) is 0 Å². The highest BCUT2D eigenvalue weighted by Gasteiger charge is 2.32. The molecule has 5 heteroatoms. The normalized spacial score (nSPS) is 22.9. The molecule has 0 saturated heterocycles. The molecule has 2 aliphatic rings. The van der Waals surface area contributed by atoms with Gasteiger partial charge >= 0.3 is 12.1 Å². The smallest absolute Gasteiger partial charge is 0.408 e. The van der Waals surface area contributed by atoms with Gasteiger partial charge in [-0.3, -0.25) is 0 Å². The molecule has 2 aliphatic carbocycles. The third-order valence-electron chi connectivity index (χ3n) is 4.24. The summed E-state index contributed by atoms with van der Waals surface area (Å²) in [6, 6.07) is -0.797. The van der Waals surface area contributed by atoms with E-state index >= 15 is 0 Å². The number of amides is 1. The Kier molecular flexibility index (Phi) is 5.05. The van der Waals surface area contributed by atoms with Gasteiger partial charge in [0.15, 0.2) is 0 Å². The molecule has 0 radical (unpaired) electrons. The second kappa shape index (κ2) is 6.78. The monoisotopic (exact) mass is 269 g/mol. The number of carbonyl (C=O) groups excluding carboxylic acids is 1. The molecule has 0 aromatic rings. The lowest BCUT2D eigenvalue weighted by atomic mass is 9.84. The van der Waals surface area contributed by atoms with E-state index in [0.717, 1.165) is 57.8 Å². The van der Waals surface area contributed by atoms with Gasteiger partial charge in [0.25, 0.3) is 0 Å². The van der Waals surface area contributed by atoms with Crippen molar-refractivity contribution in [1.29, 1.82) is 0 Å². The average Bonchev–Trinajstić information content (AvgIpc) is 2.89. The van der Waals surface area contributed by atoms with Gasteiger partial charge in [-0.1, -0.05) is 19.3 Å². The number of hydrogen-bond donors (Lipinski definition) is 2. The van der Waals surface area contributed by atoms with Crippen LogP contribution in [-0.2, 0) is 9.53 Å². The van der Waals surface area contributed by atoms with Crippen molar-refractivity contribution in [3.05, 3.63) is 0 Å². The van der Waals surface area contributed by atoms with Crippen LogP contribution in [0.5, 0.6) is 0 Å². The zero-order valence-corrected chi connectivity index (χ0v) is 11.3. The van der Waals surface area contributed by atoms with Crippen LogP contribution in [0, 0.1) is 5.92 Å². The Hall–Kier alpha value is -1.26. The topological polar surface area (TPSA) is 75.6 Å². The maximum atomic E-state index is 11.8. The van der Waals surface area contributed by atoms with E-state index in [-0.39, 0.29) is 12.0 Å². The van der Waals surface area contributed by atoms with Gasteiger partial charge < -0.3 is 15.2 Å². The number of aliphatic carboxylic acids is 1. The van der Waals surface area contributed by atoms with Crippen LogP contribution in [0.1, 0.15) is 57.8 Å². The van der Waals surface area contributed by atoms with Crippen molar-refractivity contribution >= 4 is 12.1 Å². The zero-order chi connectivity index (χ0) is 13.7. The molecule has 2 rings (SSSR count). The van der Waals surface area contributed by atoms with Gasteiger partial charge in [-0.05, 0) is 44.4 Å². The van der Waals surface area contributed by atoms with Gasteiger partial charge in [-0.2, -0.15) is 0 Å². The minimum atomic E-state index is -0.949. The second-order valence-corrected chi connectivity index (χ2v) is 5.67. The standard InChI is InChI=1S/C14H23NO4/c16-13(17)12(10-6-2-1-3-7-10)15-14(18)19-11-8-4-5-9-11/h10-12H,1-9H2,(H,15,18)(H,16,17)/t12-/m0/s1. The van der Waals surface area contributed by atoms with Crippen LogP contribution in [0.15, 0.2) is 0 Å². The third kappa shape index (κ3) is 4.11. The minimum Gasteiger partial charge on any atom is -0.480 e. The van der Waals surface area contributed by atoms with Gasteiger partial charge in [0.2, 0.25) is 0 Å². The van der Waals surface area contributed by atoms with Crippen molar-refractivity contribution in [2.45, 2.75) is 69.9 Å². The Bertz CT molecular complexity index is 319. The van der Waals surface area contributed by atoms with E-state index in [1.54, 1.807) is 0 Å². The molecule has 2 fully saturated rings. The zero-order valence-electron chi connectivity index (χ0n) is 11.3. The van der Waals surface area contributed by atoms with Crippen molar-refractivity contribution < 1.29 is 19.4 Å². The molecule has 108 valence electrons. The van der Waals surface area contributed by atoms with E-state index in [1.807, 2.05) is 0 Å². The van der Waals surface area contributed by atoms with E-state index in [2.05, 4.69) is 5.32 Å². The lowest BCUT2D eigenvalue weighted by molar-refractivity contribution is -0.141. The summed E-state index contributed by atoms with van der Waals surface area (Å²) in [5.74, 6) is -0.905. The maximum Gasteiger partial charge on any atom is 0.408 e. The van der Waals surface area contributed by atoms with E-state index in [1.165, 1.54) is 0 Å². The molecular formula is C14H23NO4. The molecule has 2 saturated carbocycles. The first kappa shape index (κ1) is 14.2. The molecule has 1 amide bonds. The first-order valence-corrected chi connectivity index (χ1v) is 7.37. The summed E-state index contributed by atoms with van der Waals surface area (Å²) in [7, 11) is 0. The molecule has 0 bridgehead atoms. The van der Waals surface area contributed by atoms with Crippen molar-refractivity contribution in [2.75, 3.05) is 0 Å². The van der Waals surface area contributed by atoms with Crippen LogP contribution in [0.25, 0.3) is 0 Å². The molecule has 0 spiro atoms. The Morgan fingerprint density at radius 1 is 1.00 bits per heavy atom.